The first-order valence-electron chi connectivity index (χ1n) is 6.74. The second-order valence-corrected chi connectivity index (χ2v) is 5.60. The van der Waals surface area contributed by atoms with Crippen LogP contribution in [0.25, 0.3) is 0 Å². The molecule has 0 saturated carbocycles. The molecule has 8 heteroatoms. The van der Waals surface area contributed by atoms with Gasteiger partial charge in [0.25, 0.3) is 11.6 Å². The van der Waals surface area contributed by atoms with Crippen LogP contribution in [0.3, 0.4) is 0 Å². The van der Waals surface area contributed by atoms with Crippen LogP contribution >= 0.6 is 11.6 Å². The van der Waals surface area contributed by atoms with Crippen LogP contribution in [0.2, 0.25) is 5.15 Å². The van der Waals surface area contributed by atoms with Crippen molar-refractivity contribution in [2.24, 2.45) is 5.92 Å². The number of carbonyl (C=O) groups excluding carboxylic acids is 1. The Hall–Kier alpha value is -1.73. The van der Waals surface area contributed by atoms with E-state index in [1.807, 2.05) is 0 Å². The number of carbonyl (C=O) groups is 1. The van der Waals surface area contributed by atoms with E-state index in [4.69, 9.17) is 11.6 Å². The third-order valence-corrected chi connectivity index (χ3v) is 3.97. The maximum Gasteiger partial charge on any atom is 0.288 e. The Morgan fingerprint density at radius 2 is 2.24 bits per heavy atom. The standard InChI is InChI=1S/C13H17ClN4O3/c1-17-4-2-9(3-5-17)7-16-13(19)11-6-10(18(20)21)8-15-12(11)14/h6,8-9H,2-5,7H2,1H3,(H,16,19). The number of nitrogens with zero attached hydrogens (tertiary/aromatic N) is 3. The topological polar surface area (TPSA) is 88.4 Å². The van der Waals surface area contributed by atoms with E-state index in [1.165, 1.54) is 0 Å². The summed E-state index contributed by atoms with van der Waals surface area (Å²) < 4.78 is 0. The van der Waals surface area contributed by atoms with E-state index in [1.54, 1.807) is 0 Å². The van der Waals surface area contributed by atoms with E-state index in [0.29, 0.717) is 12.5 Å². The molecule has 0 spiro atoms. The highest BCUT2D eigenvalue weighted by Gasteiger charge is 2.20. The molecule has 2 rings (SSSR count). The van der Waals surface area contributed by atoms with E-state index in [-0.39, 0.29) is 16.4 Å². The molecule has 0 aromatic carbocycles. The van der Waals surface area contributed by atoms with Gasteiger partial charge in [-0.2, -0.15) is 0 Å². The van der Waals surface area contributed by atoms with Gasteiger partial charge in [-0.3, -0.25) is 14.9 Å². The monoisotopic (exact) mass is 312 g/mol. The molecule has 1 aromatic heterocycles. The molecule has 0 aliphatic carbocycles. The zero-order valence-corrected chi connectivity index (χ0v) is 12.5. The summed E-state index contributed by atoms with van der Waals surface area (Å²) in [6.07, 6.45) is 3.09. The Labute approximate surface area is 127 Å². The molecule has 1 aliphatic heterocycles. The smallest absolute Gasteiger partial charge is 0.288 e. The van der Waals surface area contributed by atoms with Crippen molar-refractivity contribution in [2.45, 2.75) is 12.8 Å². The van der Waals surface area contributed by atoms with Crippen LogP contribution in [0.1, 0.15) is 23.2 Å². The SMILES string of the molecule is CN1CCC(CNC(=O)c2cc([N+](=O)[O-])cnc2Cl)CC1. The molecule has 1 N–H and O–H groups in total. The Kier molecular flexibility index (Phi) is 5.08. The number of pyridine rings is 1. The largest absolute Gasteiger partial charge is 0.352 e. The maximum atomic E-state index is 12.1. The molecule has 0 radical (unpaired) electrons. The number of rotatable bonds is 4. The summed E-state index contributed by atoms with van der Waals surface area (Å²) in [5.74, 6) is 0.00529. The Morgan fingerprint density at radius 1 is 1.57 bits per heavy atom. The van der Waals surface area contributed by atoms with Crippen molar-refractivity contribution in [2.75, 3.05) is 26.7 Å². The Bertz CT molecular complexity index is 544. The molecule has 0 atom stereocenters. The van der Waals surface area contributed by atoms with E-state index in [2.05, 4.69) is 22.2 Å². The number of hydrogen-bond donors (Lipinski definition) is 1. The second kappa shape index (κ2) is 6.82. The summed E-state index contributed by atoms with van der Waals surface area (Å²) in [6, 6.07) is 1.15. The van der Waals surface area contributed by atoms with Crippen LogP contribution in [0, 0.1) is 16.0 Å². The van der Waals surface area contributed by atoms with Gasteiger partial charge in [0.2, 0.25) is 0 Å². The second-order valence-electron chi connectivity index (χ2n) is 5.25. The lowest BCUT2D eigenvalue weighted by molar-refractivity contribution is -0.385. The van der Waals surface area contributed by atoms with Crippen molar-refractivity contribution in [3.8, 4) is 0 Å². The minimum Gasteiger partial charge on any atom is -0.352 e. The van der Waals surface area contributed by atoms with Gasteiger partial charge in [-0.25, -0.2) is 4.98 Å². The molecule has 21 heavy (non-hydrogen) atoms. The third kappa shape index (κ3) is 4.12. The first-order chi connectivity index (χ1) is 9.97. The predicted octanol–water partition coefficient (Wildman–Crippen LogP) is 1.71. The Balaban J connectivity index is 1.97. The molecule has 1 aromatic rings. The van der Waals surface area contributed by atoms with E-state index < -0.39 is 10.8 Å². The van der Waals surface area contributed by atoms with Gasteiger partial charge in [-0.1, -0.05) is 11.6 Å². The normalized spacial score (nSPS) is 16.7. The molecule has 1 aliphatic rings. The Morgan fingerprint density at radius 3 is 2.86 bits per heavy atom. The van der Waals surface area contributed by atoms with Crippen molar-refractivity contribution < 1.29 is 9.72 Å². The molecule has 1 amide bonds. The summed E-state index contributed by atoms with van der Waals surface area (Å²) in [4.78, 5) is 28.1. The first-order valence-corrected chi connectivity index (χ1v) is 7.12. The fourth-order valence-corrected chi connectivity index (χ4v) is 2.48. The number of piperidine rings is 1. The summed E-state index contributed by atoms with van der Waals surface area (Å²) in [5.41, 5.74) is -0.206. The number of nitro groups is 1. The molecular weight excluding hydrogens is 296 g/mol. The van der Waals surface area contributed by atoms with Gasteiger partial charge in [0.1, 0.15) is 11.3 Å². The molecule has 2 heterocycles. The quantitative estimate of drug-likeness (QED) is 0.519. The van der Waals surface area contributed by atoms with Crippen molar-refractivity contribution >= 4 is 23.2 Å². The maximum absolute atomic E-state index is 12.1. The van der Waals surface area contributed by atoms with Crippen molar-refractivity contribution in [1.29, 1.82) is 0 Å². The lowest BCUT2D eigenvalue weighted by atomic mass is 9.97. The van der Waals surface area contributed by atoms with Crippen LogP contribution in [0.5, 0.6) is 0 Å². The van der Waals surface area contributed by atoms with Crippen molar-refractivity contribution in [3.63, 3.8) is 0 Å². The zero-order chi connectivity index (χ0) is 15.4. The number of likely N-dealkylation sites (tertiary alicyclic amines) is 1. The third-order valence-electron chi connectivity index (χ3n) is 3.67. The van der Waals surface area contributed by atoms with Crippen LogP contribution in [-0.4, -0.2) is 47.4 Å². The number of aromatic nitrogens is 1. The van der Waals surface area contributed by atoms with Crippen molar-refractivity contribution in [3.05, 3.63) is 33.1 Å². The number of amides is 1. The average Bonchev–Trinajstić information content (AvgIpc) is 2.46. The highest BCUT2D eigenvalue weighted by Crippen LogP contribution is 2.20. The van der Waals surface area contributed by atoms with E-state index in [9.17, 15) is 14.9 Å². The lowest BCUT2D eigenvalue weighted by Gasteiger charge is -2.28. The van der Waals surface area contributed by atoms with Gasteiger partial charge in [-0.15, -0.1) is 0 Å². The van der Waals surface area contributed by atoms with Gasteiger partial charge < -0.3 is 10.2 Å². The average molecular weight is 313 g/mol. The van der Waals surface area contributed by atoms with Crippen LogP contribution in [-0.2, 0) is 0 Å². The zero-order valence-electron chi connectivity index (χ0n) is 11.7. The fourth-order valence-electron chi connectivity index (χ4n) is 2.29. The molecule has 1 fully saturated rings. The van der Waals surface area contributed by atoms with Crippen LogP contribution in [0.4, 0.5) is 5.69 Å². The van der Waals surface area contributed by atoms with Gasteiger partial charge in [-0.05, 0) is 38.9 Å². The lowest BCUT2D eigenvalue weighted by Crippen LogP contribution is -2.37. The minimum atomic E-state index is -0.600. The van der Waals surface area contributed by atoms with Crippen molar-refractivity contribution in [1.82, 2.24) is 15.2 Å². The summed E-state index contributed by atoms with van der Waals surface area (Å²) in [6.45, 7) is 2.57. The number of nitrogens with one attached hydrogen (secondary N) is 1. The van der Waals surface area contributed by atoms with Crippen LogP contribution < -0.4 is 5.32 Å². The van der Waals surface area contributed by atoms with Gasteiger partial charge in [0.05, 0.1) is 10.5 Å². The first kappa shape index (κ1) is 15.7. The summed E-state index contributed by atoms with van der Waals surface area (Å²) >= 11 is 5.84. The molecule has 7 nitrogen and oxygen atoms in total. The van der Waals surface area contributed by atoms with E-state index >= 15 is 0 Å². The molecular formula is C13H17ClN4O3. The highest BCUT2D eigenvalue weighted by molar-refractivity contribution is 6.32. The van der Waals surface area contributed by atoms with Gasteiger partial charge >= 0.3 is 0 Å². The van der Waals surface area contributed by atoms with Gasteiger partial charge in [0, 0.05) is 12.6 Å². The molecule has 114 valence electrons. The fraction of sp³-hybridized carbons (Fsp3) is 0.538. The molecule has 1 saturated heterocycles. The van der Waals surface area contributed by atoms with Gasteiger partial charge in [0.15, 0.2) is 0 Å². The number of halogens is 1. The highest BCUT2D eigenvalue weighted by atomic mass is 35.5. The minimum absolute atomic E-state index is 0.0264. The van der Waals surface area contributed by atoms with Crippen LogP contribution in [0.15, 0.2) is 12.3 Å². The predicted molar refractivity (Wildman–Crippen MR) is 78.5 cm³/mol. The molecule has 0 bridgehead atoms. The summed E-state index contributed by atoms with van der Waals surface area (Å²) in [5, 5.41) is 13.5. The number of hydrogen-bond acceptors (Lipinski definition) is 5. The molecule has 0 unspecified atom stereocenters. The summed E-state index contributed by atoms with van der Waals surface area (Å²) in [7, 11) is 2.07. The van der Waals surface area contributed by atoms with E-state index in [0.717, 1.165) is 38.2 Å².